The van der Waals surface area contributed by atoms with Crippen LogP contribution in [0.1, 0.15) is 56.2 Å². The molecule has 0 atom stereocenters. The van der Waals surface area contributed by atoms with Gasteiger partial charge in [-0.2, -0.15) is 0 Å². The number of fused-ring (bicyclic) bond motifs is 1. The lowest BCUT2D eigenvalue weighted by molar-refractivity contribution is -0.0235. The molecule has 2 aliphatic rings. The molecule has 1 fully saturated rings. The van der Waals surface area contributed by atoms with Crippen molar-refractivity contribution in [1.82, 2.24) is 10.2 Å². The fourth-order valence-corrected chi connectivity index (χ4v) is 4.39. The van der Waals surface area contributed by atoms with Crippen molar-refractivity contribution in [3.63, 3.8) is 0 Å². The molecule has 0 radical (unpaired) electrons. The van der Waals surface area contributed by atoms with Gasteiger partial charge in [0.15, 0.2) is 12.6 Å². The molecular formula is C24H29N3O3. The van der Waals surface area contributed by atoms with Gasteiger partial charge >= 0.3 is 0 Å². The average Bonchev–Trinajstić information content (AvgIpc) is 2.73. The van der Waals surface area contributed by atoms with E-state index >= 15 is 0 Å². The van der Waals surface area contributed by atoms with Crippen LogP contribution < -0.4 is 10.1 Å². The Morgan fingerprint density at radius 2 is 2.00 bits per heavy atom. The SMILES string of the molecule is C#Cc1ccc(-c2nnc(NC3CC(C)(O)C3)c3c2CCCC3)c(OCOCC)c1. The Morgan fingerprint density at radius 1 is 1.23 bits per heavy atom. The van der Waals surface area contributed by atoms with Gasteiger partial charge in [-0.15, -0.1) is 16.6 Å². The summed E-state index contributed by atoms with van der Waals surface area (Å²) in [4.78, 5) is 0. The van der Waals surface area contributed by atoms with Gasteiger partial charge in [-0.05, 0) is 76.1 Å². The van der Waals surface area contributed by atoms with Crippen LogP contribution in [0.2, 0.25) is 0 Å². The van der Waals surface area contributed by atoms with Crippen molar-refractivity contribution in [3.8, 4) is 29.4 Å². The third-order valence-electron chi connectivity index (χ3n) is 5.91. The number of hydrogen-bond acceptors (Lipinski definition) is 6. The van der Waals surface area contributed by atoms with Crippen LogP contribution in [-0.4, -0.2) is 40.3 Å². The number of nitrogens with zero attached hydrogens (tertiary/aromatic N) is 2. The summed E-state index contributed by atoms with van der Waals surface area (Å²) in [5, 5.41) is 22.7. The average molecular weight is 408 g/mol. The maximum absolute atomic E-state index is 10.0. The fraction of sp³-hybridized carbons (Fsp3) is 0.500. The number of ether oxygens (including phenoxy) is 2. The van der Waals surface area contributed by atoms with Gasteiger partial charge in [0.25, 0.3) is 0 Å². The predicted molar refractivity (Wildman–Crippen MR) is 116 cm³/mol. The highest BCUT2D eigenvalue weighted by atomic mass is 16.7. The van der Waals surface area contributed by atoms with Gasteiger partial charge in [0.2, 0.25) is 0 Å². The molecule has 1 saturated carbocycles. The van der Waals surface area contributed by atoms with Gasteiger partial charge in [0.05, 0.1) is 5.60 Å². The fourth-order valence-electron chi connectivity index (χ4n) is 4.39. The molecule has 0 unspecified atom stereocenters. The topological polar surface area (TPSA) is 76.5 Å². The number of anilines is 1. The maximum atomic E-state index is 10.0. The molecule has 6 nitrogen and oxygen atoms in total. The Kier molecular flexibility index (Phi) is 5.94. The number of benzene rings is 1. The van der Waals surface area contributed by atoms with Gasteiger partial charge in [0, 0.05) is 29.3 Å². The van der Waals surface area contributed by atoms with Crippen molar-refractivity contribution < 1.29 is 14.6 Å². The van der Waals surface area contributed by atoms with Gasteiger partial charge in [-0.1, -0.05) is 5.92 Å². The first-order valence-electron chi connectivity index (χ1n) is 10.7. The first kappa shape index (κ1) is 20.6. The van der Waals surface area contributed by atoms with Crippen LogP contribution >= 0.6 is 0 Å². The van der Waals surface area contributed by atoms with E-state index in [1.807, 2.05) is 32.0 Å². The quantitative estimate of drug-likeness (QED) is 0.414. The van der Waals surface area contributed by atoms with E-state index in [2.05, 4.69) is 21.4 Å². The molecule has 0 aliphatic heterocycles. The van der Waals surface area contributed by atoms with Crippen LogP contribution in [0.15, 0.2) is 18.2 Å². The second-order valence-corrected chi connectivity index (χ2v) is 8.42. The number of aromatic nitrogens is 2. The Balaban J connectivity index is 1.68. The van der Waals surface area contributed by atoms with Crippen molar-refractivity contribution >= 4 is 5.82 Å². The summed E-state index contributed by atoms with van der Waals surface area (Å²) in [6.45, 7) is 4.54. The minimum absolute atomic E-state index is 0.161. The van der Waals surface area contributed by atoms with Crippen molar-refractivity contribution in [2.75, 3.05) is 18.7 Å². The van der Waals surface area contributed by atoms with E-state index in [9.17, 15) is 5.11 Å². The highest BCUT2D eigenvalue weighted by Crippen LogP contribution is 2.39. The molecule has 1 heterocycles. The van der Waals surface area contributed by atoms with Crippen molar-refractivity contribution in [2.24, 2.45) is 0 Å². The van der Waals surface area contributed by atoms with Crippen LogP contribution in [-0.2, 0) is 17.6 Å². The maximum Gasteiger partial charge on any atom is 0.189 e. The second kappa shape index (κ2) is 8.63. The summed E-state index contributed by atoms with van der Waals surface area (Å²) in [5.74, 6) is 4.18. The normalized spacial score (nSPS) is 22.5. The summed E-state index contributed by atoms with van der Waals surface area (Å²) >= 11 is 0. The van der Waals surface area contributed by atoms with Crippen molar-refractivity contribution in [3.05, 3.63) is 34.9 Å². The monoisotopic (exact) mass is 407 g/mol. The minimum Gasteiger partial charge on any atom is -0.467 e. The highest BCUT2D eigenvalue weighted by molar-refractivity contribution is 5.74. The van der Waals surface area contributed by atoms with Crippen molar-refractivity contribution in [1.29, 1.82) is 0 Å². The number of aliphatic hydroxyl groups is 1. The number of terminal acetylenes is 1. The Hall–Kier alpha value is -2.62. The molecule has 4 rings (SSSR count). The lowest BCUT2D eigenvalue weighted by Gasteiger charge is -2.41. The largest absolute Gasteiger partial charge is 0.467 e. The van der Waals surface area contributed by atoms with Crippen LogP contribution in [0.5, 0.6) is 5.75 Å². The third-order valence-corrected chi connectivity index (χ3v) is 5.91. The molecule has 1 aromatic carbocycles. The van der Waals surface area contributed by atoms with E-state index in [1.165, 1.54) is 11.1 Å². The van der Waals surface area contributed by atoms with E-state index in [0.29, 0.717) is 12.4 Å². The van der Waals surface area contributed by atoms with Crippen LogP contribution in [0.25, 0.3) is 11.3 Å². The lowest BCUT2D eigenvalue weighted by Crippen LogP contribution is -2.48. The van der Waals surface area contributed by atoms with E-state index in [-0.39, 0.29) is 12.8 Å². The molecule has 6 heteroatoms. The van der Waals surface area contributed by atoms with Gasteiger partial charge in [-0.3, -0.25) is 0 Å². The van der Waals surface area contributed by atoms with Crippen molar-refractivity contribution in [2.45, 2.75) is 64.0 Å². The Bertz CT molecular complexity index is 957. The second-order valence-electron chi connectivity index (χ2n) is 8.42. The molecule has 2 N–H and O–H groups in total. The summed E-state index contributed by atoms with van der Waals surface area (Å²) < 4.78 is 11.3. The molecule has 0 spiro atoms. The first-order valence-corrected chi connectivity index (χ1v) is 10.7. The standard InChI is InChI=1S/C24H29N3O3/c1-4-16-10-11-20(21(12-16)30-15-29-5-2)22-18-8-6-7-9-19(18)23(27-26-22)25-17-13-24(3,28)14-17/h1,10-12,17,28H,5-9,13-15H2,2-3H3,(H,25,27). The zero-order valence-electron chi connectivity index (χ0n) is 17.7. The molecule has 0 bridgehead atoms. The number of rotatable bonds is 7. The Morgan fingerprint density at radius 3 is 2.70 bits per heavy atom. The first-order chi connectivity index (χ1) is 14.5. The van der Waals surface area contributed by atoms with Crippen LogP contribution in [0.3, 0.4) is 0 Å². The molecule has 1 aromatic heterocycles. The predicted octanol–water partition coefficient (Wildman–Crippen LogP) is 3.70. The van der Waals surface area contributed by atoms with Gasteiger partial charge in [0.1, 0.15) is 11.4 Å². The van der Waals surface area contributed by atoms with Gasteiger partial charge in [-0.25, -0.2) is 0 Å². The molecule has 2 aliphatic carbocycles. The number of nitrogens with one attached hydrogen (secondary N) is 1. The van der Waals surface area contributed by atoms with Crippen LogP contribution in [0.4, 0.5) is 5.82 Å². The molecule has 0 saturated heterocycles. The van der Waals surface area contributed by atoms with E-state index in [4.69, 9.17) is 15.9 Å². The lowest BCUT2D eigenvalue weighted by atomic mass is 9.77. The molecule has 30 heavy (non-hydrogen) atoms. The van der Waals surface area contributed by atoms with Crippen LogP contribution in [0, 0.1) is 12.3 Å². The smallest absolute Gasteiger partial charge is 0.189 e. The Labute approximate surface area is 178 Å². The molecule has 158 valence electrons. The zero-order valence-corrected chi connectivity index (χ0v) is 17.7. The highest BCUT2D eigenvalue weighted by Gasteiger charge is 2.39. The van der Waals surface area contributed by atoms with E-state index < -0.39 is 5.60 Å². The number of hydrogen-bond donors (Lipinski definition) is 2. The van der Waals surface area contributed by atoms with E-state index in [0.717, 1.165) is 61.2 Å². The third kappa shape index (κ3) is 4.28. The molecular weight excluding hydrogens is 378 g/mol. The summed E-state index contributed by atoms with van der Waals surface area (Å²) in [6.07, 6.45) is 11.2. The molecule has 2 aromatic rings. The molecule has 0 amide bonds. The summed E-state index contributed by atoms with van der Waals surface area (Å²) in [7, 11) is 0. The van der Waals surface area contributed by atoms with E-state index in [1.54, 1.807) is 0 Å². The minimum atomic E-state index is -0.573. The zero-order chi connectivity index (χ0) is 21.1. The summed E-state index contributed by atoms with van der Waals surface area (Å²) in [5.41, 5.74) is 4.37. The summed E-state index contributed by atoms with van der Waals surface area (Å²) in [6, 6.07) is 5.97. The van der Waals surface area contributed by atoms with Gasteiger partial charge < -0.3 is 19.9 Å².